The Bertz CT molecular complexity index is 1060. The van der Waals surface area contributed by atoms with Gasteiger partial charge in [-0.05, 0) is 25.1 Å². The van der Waals surface area contributed by atoms with Gasteiger partial charge >= 0.3 is 18.3 Å². The number of nitrogens with zero attached hydrogens (tertiary/aromatic N) is 3. The van der Waals surface area contributed by atoms with Crippen molar-refractivity contribution in [2.45, 2.75) is 38.8 Å². The third-order valence-corrected chi connectivity index (χ3v) is 5.03. The quantitative estimate of drug-likeness (QED) is 0.364. The lowest BCUT2D eigenvalue weighted by Crippen LogP contribution is -2.37. The molecule has 33 heavy (non-hydrogen) atoms. The van der Waals surface area contributed by atoms with Crippen molar-refractivity contribution in [1.82, 2.24) is 14.7 Å². The van der Waals surface area contributed by atoms with E-state index >= 15 is 0 Å². The van der Waals surface area contributed by atoms with Gasteiger partial charge in [0.05, 0.1) is 30.8 Å². The van der Waals surface area contributed by atoms with Gasteiger partial charge < -0.3 is 9.64 Å². The van der Waals surface area contributed by atoms with E-state index in [9.17, 15) is 35.9 Å². The molecule has 0 atom stereocenters. The van der Waals surface area contributed by atoms with Gasteiger partial charge in [0, 0.05) is 29.8 Å². The van der Waals surface area contributed by atoms with Crippen molar-refractivity contribution in [3.63, 3.8) is 0 Å². The number of carbonyl (C=O) groups excluding carboxylic acids is 2. The Balaban J connectivity index is 2.00. The van der Waals surface area contributed by atoms with Crippen LogP contribution in [-0.2, 0) is 36.6 Å². The van der Waals surface area contributed by atoms with Gasteiger partial charge in [0.2, 0.25) is 0 Å². The van der Waals surface area contributed by atoms with Gasteiger partial charge in [0.15, 0.2) is 5.69 Å². The highest BCUT2D eigenvalue weighted by atomic mass is 19.4. The van der Waals surface area contributed by atoms with Crippen LogP contribution >= 0.6 is 0 Å². The highest BCUT2D eigenvalue weighted by Crippen LogP contribution is 2.37. The summed E-state index contributed by atoms with van der Waals surface area (Å²) in [5.74, 6) is -1.77. The normalized spacial score (nSPS) is 14.1. The van der Waals surface area contributed by atoms with E-state index in [1.165, 1.54) is 4.68 Å². The van der Waals surface area contributed by atoms with Crippen LogP contribution in [0.1, 0.15) is 50.2 Å². The zero-order valence-corrected chi connectivity index (χ0v) is 17.4. The van der Waals surface area contributed by atoms with Crippen molar-refractivity contribution in [2.24, 2.45) is 0 Å². The molecule has 1 aromatic heterocycles. The summed E-state index contributed by atoms with van der Waals surface area (Å²) >= 11 is 0. The van der Waals surface area contributed by atoms with Crippen LogP contribution in [0.15, 0.2) is 30.9 Å². The Morgan fingerprint density at radius 2 is 1.73 bits per heavy atom. The van der Waals surface area contributed by atoms with Crippen LogP contribution in [-0.4, -0.2) is 39.7 Å². The highest BCUT2D eigenvalue weighted by Gasteiger charge is 2.38. The summed E-state index contributed by atoms with van der Waals surface area (Å²) in [5, 5.41) is 4.19. The summed E-state index contributed by atoms with van der Waals surface area (Å²) < 4.78 is 85.5. The Hall–Kier alpha value is -3.31. The van der Waals surface area contributed by atoms with Crippen molar-refractivity contribution >= 4 is 11.9 Å². The first-order valence-electron chi connectivity index (χ1n) is 9.82. The molecule has 1 aromatic carbocycles. The summed E-state index contributed by atoms with van der Waals surface area (Å²) in [6.07, 6.45) is -8.42. The predicted molar refractivity (Wildman–Crippen MR) is 103 cm³/mol. The highest BCUT2D eigenvalue weighted by molar-refractivity contribution is 5.95. The predicted octanol–water partition coefficient (Wildman–Crippen LogP) is 4.48. The van der Waals surface area contributed by atoms with E-state index in [4.69, 9.17) is 4.74 Å². The third-order valence-electron chi connectivity index (χ3n) is 5.03. The van der Waals surface area contributed by atoms with Crippen LogP contribution in [0.25, 0.3) is 0 Å². The maximum absolute atomic E-state index is 13.2. The second-order valence-electron chi connectivity index (χ2n) is 7.24. The number of ether oxygens (including phenoxy) is 1. The second-order valence-corrected chi connectivity index (χ2v) is 7.24. The summed E-state index contributed by atoms with van der Waals surface area (Å²) in [4.78, 5) is 26.3. The topological polar surface area (TPSA) is 64.4 Å². The first-order valence-corrected chi connectivity index (χ1v) is 9.82. The molecule has 0 aliphatic carbocycles. The van der Waals surface area contributed by atoms with Crippen LogP contribution in [0.3, 0.4) is 0 Å². The van der Waals surface area contributed by atoms with Gasteiger partial charge in [0.1, 0.15) is 0 Å². The molecule has 0 unspecified atom stereocenters. The van der Waals surface area contributed by atoms with Crippen LogP contribution in [0, 0.1) is 0 Å². The summed E-state index contributed by atoms with van der Waals surface area (Å²) in [5.41, 5.74) is -3.03. The number of hydrogen-bond donors (Lipinski definition) is 0. The molecule has 12 heteroatoms. The number of carbonyl (C=O) groups is 2. The van der Waals surface area contributed by atoms with Crippen molar-refractivity contribution in [1.29, 1.82) is 0 Å². The molecule has 1 aliphatic rings. The number of alkyl halides is 6. The van der Waals surface area contributed by atoms with Gasteiger partial charge in [-0.3, -0.25) is 9.48 Å². The van der Waals surface area contributed by atoms with E-state index in [2.05, 4.69) is 11.7 Å². The standard InChI is InChI=1S/C21H19F6N3O3/c1-3-6-30-16-5-7-29(11-15(16)17(28-30)19(32)33-4-2)18(31)12-8-13(20(22,23)24)10-14(9-12)21(25,26)27/h3,8-10H,1,4-7,11H2,2H3. The molecule has 178 valence electrons. The van der Waals surface area contributed by atoms with Gasteiger partial charge in [-0.2, -0.15) is 31.4 Å². The van der Waals surface area contributed by atoms with Crippen molar-refractivity contribution < 1.29 is 40.7 Å². The largest absolute Gasteiger partial charge is 0.461 e. The SMILES string of the molecule is C=CCn1nc(C(=O)OCC)c2c1CCN(C(=O)c1cc(C(F)(F)F)cc(C(F)(F)F)c1)C2. The Morgan fingerprint density at radius 3 is 2.24 bits per heavy atom. The Kier molecular flexibility index (Phi) is 6.57. The zero-order chi connectivity index (χ0) is 24.6. The second kappa shape index (κ2) is 8.91. The van der Waals surface area contributed by atoms with Crippen molar-refractivity contribution in [2.75, 3.05) is 13.2 Å². The fourth-order valence-corrected chi connectivity index (χ4v) is 3.56. The summed E-state index contributed by atoms with van der Waals surface area (Å²) in [6, 6.07) is 0.740. The van der Waals surface area contributed by atoms with Crippen LogP contribution < -0.4 is 0 Å². The fourth-order valence-electron chi connectivity index (χ4n) is 3.56. The molecule has 1 aliphatic heterocycles. The number of esters is 1. The molecule has 0 saturated heterocycles. The lowest BCUT2D eigenvalue weighted by molar-refractivity contribution is -0.143. The molecule has 6 nitrogen and oxygen atoms in total. The molecule has 0 N–H and O–H groups in total. The minimum absolute atomic E-state index is 0.00846. The molecule has 0 bridgehead atoms. The molecular weight excluding hydrogens is 456 g/mol. The third kappa shape index (κ3) is 5.04. The number of aromatic nitrogens is 2. The molecule has 0 saturated carbocycles. The molecule has 2 aromatic rings. The van der Waals surface area contributed by atoms with Crippen molar-refractivity contribution in [3.8, 4) is 0 Å². The first-order chi connectivity index (χ1) is 15.4. The van der Waals surface area contributed by atoms with E-state index in [0.29, 0.717) is 23.4 Å². The van der Waals surface area contributed by atoms with Gasteiger partial charge in [-0.25, -0.2) is 4.79 Å². The number of allylic oxidation sites excluding steroid dienone is 1. The van der Waals surface area contributed by atoms with Crippen LogP contribution in [0.4, 0.5) is 26.3 Å². The molecule has 1 amide bonds. The number of amides is 1. The molecular formula is C21H19F6N3O3. The average Bonchev–Trinajstić information content (AvgIpc) is 3.10. The number of fused-ring (bicyclic) bond motifs is 1. The van der Waals surface area contributed by atoms with E-state index in [-0.39, 0.29) is 44.4 Å². The molecule has 0 radical (unpaired) electrons. The van der Waals surface area contributed by atoms with E-state index in [1.54, 1.807) is 13.0 Å². The molecule has 0 spiro atoms. The van der Waals surface area contributed by atoms with Crippen molar-refractivity contribution in [3.05, 3.63) is 64.5 Å². The average molecular weight is 475 g/mol. The number of halogens is 6. The number of benzene rings is 1. The van der Waals surface area contributed by atoms with Gasteiger partial charge in [0.25, 0.3) is 5.91 Å². The Labute approximate surface area is 184 Å². The first kappa shape index (κ1) is 24.3. The minimum atomic E-state index is -5.08. The van der Waals surface area contributed by atoms with E-state index in [1.807, 2.05) is 0 Å². The minimum Gasteiger partial charge on any atom is -0.461 e. The zero-order valence-electron chi connectivity index (χ0n) is 17.4. The smallest absolute Gasteiger partial charge is 0.416 e. The lowest BCUT2D eigenvalue weighted by atomic mass is 10.0. The molecule has 2 heterocycles. The fraction of sp³-hybridized carbons (Fsp3) is 0.381. The molecule has 3 rings (SSSR count). The Morgan fingerprint density at radius 1 is 1.12 bits per heavy atom. The summed E-state index contributed by atoms with van der Waals surface area (Å²) in [7, 11) is 0. The number of hydrogen-bond acceptors (Lipinski definition) is 4. The maximum Gasteiger partial charge on any atom is 0.416 e. The molecule has 0 fully saturated rings. The lowest BCUT2D eigenvalue weighted by Gasteiger charge is -2.28. The van der Waals surface area contributed by atoms with Gasteiger partial charge in [-0.1, -0.05) is 6.08 Å². The summed E-state index contributed by atoms with van der Waals surface area (Å²) in [6.45, 7) is 5.31. The van der Waals surface area contributed by atoms with E-state index < -0.39 is 40.9 Å². The van der Waals surface area contributed by atoms with Gasteiger partial charge in [-0.15, -0.1) is 6.58 Å². The van der Waals surface area contributed by atoms with E-state index in [0.717, 1.165) is 4.90 Å². The van der Waals surface area contributed by atoms with Crippen LogP contribution in [0.5, 0.6) is 0 Å². The maximum atomic E-state index is 13.2. The number of rotatable bonds is 5. The monoisotopic (exact) mass is 475 g/mol. The van der Waals surface area contributed by atoms with Crippen LogP contribution in [0.2, 0.25) is 0 Å².